The fraction of sp³-hybridized carbons (Fsp3) is 0.400. The quantitative estimate of drug-likeness (QED) is 0.657. The third kappa shape index (κ3) is 5.52. The minimum absolute atomic E-state index is 0.0511. The molecular weight excluding hydrogens is 258 g/mol. The lowest BCUT2D eigenvalue weighted by Gasteiger charge is -2.18. The Hall–Kier alpha value is -1.69. The number of carbonyl (C=O) groups is 1. The molecule has 0 spiro atoms. The van der Waals surface area contributed by atoms with Gasteiger partial charge in [0.05, 0.1) is 6.61 Å². The number of hydrogen-bond donors (Lipinski definition) is 2. The molecule has 0 fully saturated rings. The molecule has 0 saturated heterocycles. The van der Waals surface area contributed by atoms with Gasteiger partial charge in [-0.15, -0.1) is 0 Å². The number of carbonyl (C=O) groups excluding carboxylic acids is 1. The van der Waals surface area contributed by atoms with Gasteiger partial charge in [-0.25, -0.2) is 0 Å². The van der Waals surface area contributed by atoms with E-state index in [1.165, 1.54) is 20.3 Å². The summed E-state index contributed by atoms with van der Waals surface area (Å²) >= 11 is 0. The Bertz CT molecular complexity index is 419. The van der Waals surface area contributed by atoms with Crippen LogP contribution in [-0.2, 0) is 20.8 Å². The van der Waals surface area contributed by atoms with Crippen LogP contribution in [0.1, 0.15) is 5.56 Å². The molecule has 0 amide bonds. The Morgan fingerprint density at radius 1 is 1.35 bits per heavy atom. The summed E-state index contributed by atoms with van der Waals surface area (Å²) in [7, 11) is 2.84. The molecule has 0 saturated carbocycles. The summed E-state index contributed by atoms with van der Waals surface area (Å²) in [5.74, 6) is -0.308. The van der Waals surface area contributed by atoms with Crippen LogP contribution in [0.25, 0.3) is 0 Å². The molecule has 1 rings (SSSR count). The first-order valence-electron chi connectivity index (χ1n) is 6.36. The highest BCUT2D eigenvalue weighted by atomic mass is 16.5. The summed E-state index contributed by atoms with van der Waals surface area (Å²) in [6, 6.07) is 9.83. The van der Waals surface area contributed by atoms with Gasteiger partial charge in [0.15, 0.2) is 5.78 Å². The van der Waals surface area contributed by atoms with Gasteiger partial charge in [0.25, 0.3) is 0 Å². The van der Waals surface area contributed by atoms with Crippen molar-refractivity contribution in [2.45, 2.75) is 18.8 Å². The van der Waals surface area contributed by atoms with Crippen molar-refractivity contribution in [3.05, 3.63) is 48.2 Å². The van der Waals surface area contributed by atoms with Crippen molar-refractivity contribution < 1.29 is 19.4 Å². The van der Waals surface area contributed by atoms with Crippen molar-refractivity contribution in [2.75, 3.05) is 20.8 Å². The molecule has 0 aliphatic heterocycles. The summed E-state index contributed by atoms with van der Waals surface area (Å²) < 4.78 is 9.78. The standard InChI is InChI=1S/C15H21NO4/c1-19-11-14(18)15(20-2)13(17)8-9-16-10-12-6-4-3-5-7-12/h3-9,14-16,18H,10-11H2,1-2H3/b9-8+/t14-,15+/m1/s1. The topological polar surface area (TPSA) is 67.8 Å². The van der Waals surface area contributed by atoms with Gasteiger partial charge >= 0.3 is 0 Å². The molecule has 0 heterocycles. The van der Waals surface area contributed by atoms with Gasteiger partial charge in [-0.05, 0) is 11.6 Å². The predicted molar refractivity (Wildman–Crippen MR) is 76.1 cm³/mol. The van der Waals surface area contributed by atoms with E-state index in [4.69, 9.17) is 9.47 Å². The second kappa shape index (κ2) is 9.25. The number of aliphatic hydroxyl groups is 1. The van der Waals surface area contributed by atoms with Crippen LogP contribution in [0.5, 0.6) is 0 Å². The molecule has 5 nitrogen and oxygen atoms in total. The van der Waals surface area contributed by atoms with Crippen molar-refractivity contribution in [1.82, 2.24) is 5.32 Å². The number of rotatable bonds is 9. The zero-order chi connectivity index (χ0) is 14.8. The van der Waals surface area contributed by atoms with E-state index >= 15 is 0 Å². The number of methoxy groups -OCH3 is 2. The molecule has 0 radical (unpaired) electrons. The summed E-state index contributed by atoms with van der Waals surface area (Å²) in [6.07, 6.45) is 1.03. The van der Waals surface area contributed by atoms with Gasteiger partial charge in [-0.2, -0.15) is 0 Å². The van der Waals surface area contributed by atoms with E-state index in [0.29, 0.717) is 6.54 Å². The van der Waals surface area contributed by atoms with Crippen LogP contribution in [-0.4, -0.2) is 43.9 Å². The van der Waals surface area contributed by atoms with E-state index in [1.54, 1.807) is 6.20 Å². The summed E-state index contributed by atoms with van der Waals surface area (Å²) in [5.41, 5.74) is 1.12. The Morgan fingerprint density at radius 2 is 2.05 bits per heavy atom. The number of ether oxygens (including phenoxy) is 2. The predicted octanol–water partition coefficient (Wildman–Crippen LogP) is 0.881. The normalized spacial score (nSPS) is 14.2. The fourth-order valence-corrected chi connectivity index (χ4v) is 1.73. The molecule has 20 heavy (non-hydrogen) atoms. The lowest BCUT2D eigenvalue weighted by atomic mass is 10.1. The van der Waals surface area contributed by atoms with Gasteiger partial charge in [0.1, 0.15) is 12.2 Å². The maximum Gasteiger partial charge on any atom is 0.188 e. The van der Waals surface area contributed by atoms with Crippen LogP contribution < -0.4 is 5.32 Å². The van der Waals surface area contributed by atoms with Crippen molar-refractivity contribution in [3.63, 3.8) is 0 Å². The maximum atomic E-state index is 11.8. The smallest absolute Gasteiger partial charge is 0.188 e. The largest absolute Gasteiger partial charge is 0.387 e. The minimum atomic E-state index is -0.976. The molecule has 0 aliphatic carbocycles. The molecule has 0 unspecified atom stereocenters. The Labute approximate surface area is 119 Å². The molecule has 0 aliphatic rings. The number of benzene rings is 1. The Balaban J connectivity index is 2.41. The highest BCUT2D eigenvalue weighted by Gasteiger charge is 2.24. The highest BCUT2D eigenvalue weighted by molar-refractivity contribution is 5.93. The monoisotopic (exact) mass is 279 g/mol. The average molecular weight is 279 g/mol. The van der Waals surface area contributed by atoms with E-state index in [9.17, 15) is 9.90 Å². The molecule has 5 heteroatoms. The molecule has 1 aromatic carbocycles. The van der Waals surface area contributed by atoms with E-state index in [2.05, 4.69) is 5.32 Å². The van der Waals surface area contributed by atoms with Crippen LogP contribution in [0.3, 0.4) is 0 Å². The third-order valence-corrected chi connectivity index (χ3v) is 2.74. The molecule has 2 atom stereocenters. The van der Waals surface area contributed by atoms with E-state index in [-0.39, 0.29) is 12.4 Å². The molecule has 2 N–H and O–H groups in total. The van der Waals surface area contributed by atoms with Gasteiger partial charge in [-0.3, -0.25) is 4.79 Å². The molecule has 0 aromatic heterocycles. The summed E-state index contributed by atoms with van der Waals surface area (Å²) in [4.78, 5) is 11.8. The second-order valence-corrected chi connectivity index (χ2v) is 4.28. The van der Waals surface area contributed by atoms with Gasteiger partial charge < -0.3 is 19.9 Å². The lowest BCUT2D eigenvalue weighted by Crippen LogP contribution is -2.37. The molecule has 110 valence electrons. The molecule has 1 aromatic rings. The van der Waals surface area contributed by atoms with Gasteiger partial charge in [0, 0.05) is 27.0 Å². The average Bonchev–Trinajstić information content (AvgIpc) is 2.46. The Kier molecular flexibility index (Phi) is 7.57. The van der Waals surface area contributed by atoms with Crippen molar-refractivity contribution in [2.24, 2.45) is 0 Å². The zero-order valence-electron chi connectivity index (χ0n) is 11.8. The van der Waals surface area contributed by atoms with Gasteiger partial charge in [-0.1, -0.05) is 30.3 Å². The SMILES string of the molecule is COC[C@@H](O)[C@@H](OC)C(=O)/C=C/NCc1ccccc1. The second-order valence-electron chi connectivity index (χ2n) is 4.28. The van der Waals surface area contributed by atoms with Crippen LogP contribution in [0.2, 0.25) is 0 Å². The number of nitrogens with one attached hydrogen (secondary N) is 1. The summed E-state index contributed by atoms with van der Waals surface area (Å²) in [5, 5.41) is 12.7. The van der Waals surface area contributed by atoms with E-state index in [0.717, 1.165) is 5.56 Å². The Morgan fingerprint density at radius 3 is 2.65 bits per heavy atom. The molecule has 0 bridgehead atoms. The van der Waals surface area contributed by atoms with Crippen LogP contribution in [0.15, 0.2) is 42.6 Å². The number of ketones is 1. The maximum absolute atomic E-state index is 11.8. The zero-order valence-corrected chi connectivity index (χ0v) is 11.8. The van der Waals surface area contributed by atoms with Crippen molar-refractivity contribution in [3.8, 4) is 0 Å². The number of aliphatic hydroxyl groups excluding tert-OH is 1. The summed E-state index contributed by atoms with van der Waals surface area (Å²) in [6.45, 7) is 0.679. The van der Waals surface area contributed by atoms with E-state index < -0.39 is 12.2 Å². The minimum Gasteiger partial charge on any atom is -0.387 e. The van der Waals surface area contributed by atoms with Crippen molar-refractivity contribution >= 4 is 5.78 Å². The third-order valence-electron chi connectivity index (χ3n) is 2.74. The first kappa shape index (κ1) is 16.4. The highest BCUT2D eigenvalue weighted by Crippen LogP contribution is 2.02. The molecular formula is C15H21NO4. The van der Waals surface area contributed by atoms with Crippen LogP contribution in [0, 0.1) is 0 Å². The van der Waals surface area contributed by atoms with E-state index in [1.807, 2.05) is 30.3 Å². The fourth-order valence-electron chi connectivity index (χ4n) is 1.73. The van der Waals surface area contributed by atoms with Gasteiger partial charge in [0.2, 0.25) is 0 Å². The number of hydrogen-bond acceptors (Lipinski definition) is 5. The van der Waals surface area contributed by atoms with Crippen LogP contribution in [0.4, 0.5) is 0 Å². The first-order chi connectivity index (χ1) is 9.69. The lowest BCUT2D eigenvalue weighted by molar-refractivity contribution is -0.133. The van der Waals surface area contributed by atoms with Crippen LogP contribution >= 0.6 is 0 Å². The van der Waals surface area contributed by atoms with Crippen molar-refractivity contribution in [1.29, 1.82) is 0 Å². The first-order valence-corrected chi connectivity index (χ1v) is 6.36.